The summed E-state index contributed by atoms with van der Waals surface area (Å²) in [4.78, 5) is 12.9. The van der Waals surface area contributed by atoms with Crippen LogP contribution in [0.3, 0.4) is 0 Å². The van der Waals surface area contributed by atoms with E-state index in [1.54, 1.807) is 22.7 Å². The Hall–Kier alpha value is -1.17. The van der Waals surface area contributed by atoms with Gasteiger partial charge in [-0.25, -0.2) is 0 Å². The summed E-state index contributed by atoms with van der Waals surface area (Å²) < 4.78 is 0. The predicted molar refractivity (Wildman–Crippen MR) is 82.0 cm³/mol. The second-order valence-electron chi connectivity index (χ2n) is 5.26. The zero-order chi connectivity index (χ0) is 14.0. The molecule has 1 fully saturated rings. The van der Waals surface area contributed by atoms with Crippen molar-refractivity contribution in [2.45, 2.75) is 24.9 Å². The van der Waals surface area contributed by atoms with Crippen molar-refractivity contribution in [1.29, 1.82) is 0 Å². The van der Waals surface area contributed by atoms with Crippen molar-refractivity contribution >= 4 is 28.6 Å². The Balaban J connectivity index is 1.62. The van der Waals surface area contributed by atoms with Crippen molar-refractivity contribution < 1.29 is 9.90 Å². The molecule has 2 aromatic rings. The molecule has 0 saturated heterocycles. The minimum absolute atomic E-state index is 0.0287. The van der Waals surface area contributed by atoms with E-state index in [0.29, 0.717) is 13.0 Å². The SMILES string of the molecule is O=C(Cc1ccsc1)NC[C@](O)(c1cccs1)C1CC1. The first-order valence-electron chi connectivity index (χ1n) is 6.72. The molecule has 1 saturated carbocycles. The highest BCUT2D eigenvalue weighted by Gasteiger charge is 2.45. The summed E-state index contributed by atoms with van der Waals surface area (Å²) in [7, 11) is 0. The van der Waals surface area contributed by atoms with Crippen LogP contribution in [0.1, 0.15) is 23.3 Å². The third kappa shape index (κ3) is 2.95. The zero-order valence-electron chi connectivity index (χ0n) is 11.0. The Bertz CT molecular complexity index is 561. The van der Waals surface area contributed by atoms with Crippen molar-refractivity contribution in [2.75, 3.05) is 6.54 Å². The molecule has 1 aliphatic rings. The van der Waals surface area contributed by atoms with Crippen LogP contribution in [0.5, 0.6) is 0 Å². The van der Waals surface area contributed by atoms with Gasteiger partial charge in [0.15, 0.2) is 0 Å². The lowest BCUT2D eigenvalue weighted by Crippen LogP contribution is -2.42. The average Bonchev–Trinajstić information content (AvgIpc) is 2.93. The van der Waals surface area contributed by atoms with Crippen LogP contribution >= 0.6 is 22.7 Å². The maximum Gasteiger partial charge on any atom is 0.224 e. The molecule has 2 aromatic heterocycles. The van der Waals surface area contributed by atoms with Crippen molar-refractivity contribution in [3.05, 3.63) is 44.8 Å². The van der Waals surface area contributed by atoms with Crippen LogP contribution in [-0.2, 0) is 16.8 Å². The van der Waals surface area contributed by atoms with E-state index in [2.05, 4.69) is 5.32 Å². The van der Waals surface area contributed by atoms with Gasteiger partial charge in [0.25, 0.3) is 0 Å². The molecule has 0 aliphatic heterocycles. The maximum absolute atomic E-state index is 12.0. The third-order valence-corrected chi connectivity index (χ3v) is 5.47. The monoisotopic (exact) mass is 307 g/mol. The van der Waals surface area contributed by atoms with Gasteiger partial charge in [-0.05, 0) is 52.6 Å². The maximum atomic E-state index is 12.0. The van der Waals surface area contributed by atoms with E-state index in [0.717, 1.165) is 23.3 Å². The van der Waals surface area contributed by atoms with Gasteiger partial charge in [0.2, 0.25) is 5.91 Å². The highest BCUT2D eigenvalue weighted by Crippen LogP contribution is 2.46. The van der Waals surface area contributed by atoms with Crippen molar-refractivity contribution in [3.63, 3.8) is 0 Å². The van der Waals surface area contributed by atoms with E-state index >= 15 is 0 Å². The van der Waals surface area contributed by atoms with Gasteiger partial charge >= 0.3 is 0 Å². The number of carbonyl (C=O) groups is 1. The van der Waals surface area contributed by atoms with E-state index < -0.39 is 5.60 Å². The fourth-order valence-electron chi connectivity index (χ4n) is 2.39. The smallest absolute Gasteiger partial charge is 0.224 e. The molecule has 1 atom stereocenters. The summed E-state index contributed by atoms with van der Waals surface area (Å²) in [5.74, 6) is 0.252. The van der Waals surface area contributed by atoms with Gasteiger partial charge in [0.1, 0.15) is 5.60 Å². The number of nitrogens with one attached hydrogen (secondary N) is 1. The number of rotatable bonds is 6. The molecule has 0 aromatic carbocycles. The highest BCUT2D eigenvalue weighted by molar-refractivity contribution is 7.10. The predicted octanol–water partition coefficient (Wildman–Crippen LogP) is 2.77. The van der Waals surface area contributed by atoms with Crippen LogP contribution in [0.2, 0.25) is 0 Å². The molecule has 0 bridgehead atoms. The molecule has 20 heavy (non-hydrogen) atoms. The first-order valence-corrected chi connectivity index (χ1v) is 8.55. The Morgan fingerprint density at radius 1 is 1.40 bits per heavy atom. The number of amides is 1. The lowest BCUT2D eigenvalue weighted by Gasteiger charge is -2.27. The van der Waals surface area contributed by atoms with Gasteiger partial charge in [-0.2, -0.15) is 11.3 Å². The van der Waals surface area contributed by atoms with E-state index in [4.69, 9.17) is 0 Å². The molecule has 0 radical (unpaired) electrons. The normalized spacial score (nSPS) is 17.6. The van der Waals surface area contributed by atoms with Crippen LogP contribution in [0.25, 0.3) is 0 Å². The molecule has 1 aliphatic carbocycles. The molecule has 2 heterocycles. The molecule has 106 valence electrons. The summed E-state index contributed by atoms with van der Waals surface area (Å²) >= 11 is 3.15. The molecule has 1 amide bonds. The number of hydrogen-bond donors (Lipinski definition) is 2. The van der Waals surface area contributed by atoms with Gasteiger partial charge < -0.3 is 10.4 Å². The summed E-state index contributed by atoms with van der Waals surface area (Å²) in [5, 5.41) is 19.7. The summed E-state index contributed by atoms with van der Waals surface area (Å²) in [6.45, 7) is 0.307. The van der Waals surface area contributed by atoms with Crippen molar-refractivity contribution in [3.8, 4) is 0 Å². The van der Waals surface area contributed by atoms with E-state index in [1.807, 2.05) is 34.3 Å². The number of aliphatic hydroxyl groups is 1. The second kappa shape index (κ2) is 5.68. The van der Waals surface area contributed by atoms with Crippen LogP contribution in [-0.4, -0.2) is 17.6 Å². The minimum Gasteiger partial charge on any atom is -0.382 e. The zero-order valence-corrected chi connectivity index (χ0v) is 12.7. The Labute approximate surface area is 126 Å². The summed E-state index contributed by atoms with van der Waals surface area (Å²) in [6.07, 6.45) is 2.46. The lowest BCUT2D eigenvalue weighted by atomic mass is 9.95. The van der Waals surface area contributed by atoms with E-state index in [9.17, 15) is 9.90 Å². The standard InChI is InChI=1S/C15H17NO2S2/c17-14(8-11-5-7-19-9-11)16-10-15(18,12-3-4-12)13-2-1-6-20-13/h1-2,5-7,9,12,18H,3-4,8,10H2,(H,16,17)/t15-/m1/s1. The fraction of sp³-hybridized carbons (Fsp3) is 0.400. The topological polar surface area (TPSA) is 49.3 Å². The van der Waals surface area contributed by atoms with Crippen molar-refractivity contribution in [1.82, 2.24) is 5.32 Å². The quantitative estimate of drug-likeness (QED) is 0.862. The lowest BCUT2D eigenvalue weighted by molar-refractivity contribution is -0.122. The molecular formula is C15H17NO2S2. The number of hydrogen-bond acceptors (Lipinski definition) is 4. The second-order valence-corrected chi connectivity index (χ2v) is 6.99. The van der Waals surface area contributed by atoms with E-state index in [1.165, 1.54) is 0 Å². The molecule has 3 nitrogen and oxygen atoms in total. The Kier molecular flexibility index (Phi) is 3.92. The van der Waals surface area contributed by atoms with Gasteiger partial charge in [0.05, 0.1) is 13.0 Å². The number of thiophene rings is 2. The molecular weight excluding hydrogens is 290 g/mol. The third-order valence-electron chi connectivity index (χ3n) is 3.70. The molecule has 5 heteroatoms. The molecule has 3 rings (SSSR count). The minimum atomic E-state index is -0.890. The molecule has 0 unspecified atom stereocenters. The number of carbonyl (C=O) groups excluding carboxylic acids is 1. The average molecular weight is 307 g/mol. The van der Waals surface area contributed by atoms with Crippen molar-refractivity contribution in [2.24, 2.45) is 5.92 Å². The molecule has 2 N–H and O–H groups in total. The summed E-state index contributed by atoms with van der Waals surface area (Å²) in [6, 6.07) is 5.85. The molecule has 0 spiro atoms. The first kappa shape index (κ1) is 13.8. The van der Waals surface area contributed by atoms with Crippen LogP contribution < -0.4 is 5.32 Å². The van der Waals surface area contributed by atoms with Gasteiger partial charge in [0, 0.05) is 4.88 Å². The van der Waals surface area contributed by atoms with E-state index in [-0.39, 0.29) is 11.8 Å². The largest absolute Gasteiger partial charge is 0.382 e. The van der Waals surface area contributed by atoms with Crippen LogP contribution in [0, 0.1) is 5.92 Å². The van der Waals surface area contributed by atoms with Crippen LogP contribution in [0.15, 0.2) is 34.3 Å². The van der Waals surface area contributed by atoms with Gasteiger partial charge in [-0.15, -0.1) is 11.3 Å². The fourth-order valence-corrected chi connectivity index (χ4v) is 3.97. The Morgan fingerprint density at radius 3 is 2.85 bits per heavy atom. The van der Waals surface area contributed by atoms with Crippen LogP contribution in [0.4, 0.5) is 0 Å². The van der Waals surface area contributed by atoms with Gasteiger partial charge in [-0.1, -0.05) is 6.07 Å². The Morgan fingerprint density at radius 2 is 2.25 bits per heavy atom. The first-order chi connectivity index (χ1) is 9.68. The highest BCUT2D eigenvalue weighted by atomic mass is 32.1. The van der Waals surface area contributed by atoms with Gasteiger partial charge in [-0.3, -0.25) is 4.79 Å². The summed E-state index contributed by atoms with van der Waals surface area (Å²) in [5.41, 5.74) is 0.136.